The van der Waals surface area contributed by atoms with Crippen molar-refractivity contribution >= 4 is 9.84 Å². The summed E-state index contributed by atoms with van der Waals surface area (Å²) >= 11 is 0. The average Bonchev–Trinajstić information content (AvgIpc) is 2.96. The van der Waals surface area contributed by atoms with Gasteiger partial charge in [-0.25, -0.2) is 8.42 Å². The molecule has 0 amide bonds. The molecule has 2 fully saturated rings. The summed E-state index contributed by atoms with van der Waals surface area (Å²) in [6, 6.07) is 2.97. The third-order valence-corrected chi connectivity index (χ3v) is 6.45. The summed E-state index contributed by atoms with van der Waals surface area (Å²) in [6.07, 6.45) is 10.0. The van der Waals surface area contributed by atoms with Gasteiger partial charge in [-0.15, -0.1) is 0 Å². The van der Waals surface area contributed by atoms with E-state index in [1.807, 2.05) is 0 Å². The van der Waals surface area contributed by atoms with Crippen LogP contribution < -0.4 is 5.32 Å². The highest BCUT2D eigenvalue weighted by Gasteiger charge is 2.23. The molecular weight excluding hydrogens is 286 g/mol. The number of hydrogen-bond acceptors (Lipinski definition) is 4. The molecule has 0 aromatic carbocycles. The summed E-state index contributed by atoms with van der Waals surface area (Å²) in [7, 11) is -2.77. The van der Waals surface area contributed by atoms with Gasteiger partial charge < -0.3 is 5.32 Å². The Balaban J connectivity index is 1.49. The summed E-state index contributed by atoms with van der Waals surface area (Å²) in [6.45, 7) is 0.741. The van der Waals surface area contributed by atoms with Crippen LogP contribution in [0.2, 0.25) is 0 Å². The second kappa shape index (κ2) is 6.48. The van der Waals surface area contributed by atoms with Gasteiger partial charge in [0.05, 0.1) is 23.2 Å². The third-order valence-electron chi connectivity index (χ3n) is 4.74. The molecule has 1 N–H and O–H groups in total. The molecule has 1 aromatic heterocycles. The number of nitrogens with one attached hydrogen (secondary N) is 1. The smallest absolute Gasteiger partial charge is 0.150 e. The number of rotatable bonds is 4. The van der Waals surface area contributed by atoms with Crippen LogP contribution in [-0.4, -0.2) is 35.7 Å². The molecule has 0 bridgehead atoms. The van der Waals surface area contributed by atoms with Crippen molar-refractivity contribution in [2.24, 2.45) is 0 Å². The van der Waals surface area contributed by atoms with Crippen LogP contribution in [0, 0.1) is 0 Å². The minimum atomic E-state index is -2.77. The van der Waals surface area contributed by atoms with Crippen LogP contribution >= 0.6 is 0 Å². The standard InChI is InChI=1S/C15H25N3O2S/c19-21(20)10-7-13(8-11-21)16-12-14-6-9-18(17-14)15-4-2-1-3-5-15/h6,9,13,15-16H,1-5,7-8,10-12H2. The van der Waals surface area contributed by atoms with E-state index in [9.17, 15) is 8.42 Å². The highest BCUT2D eigenvalue weighted by Crippen LogP contribution is 2.27. The second-order valence-electron chi connectivity index (χ2n) is 6.39. The van der Waals surface area contributed by atoms with E-state index in [2.05, 4.69) is 27.4 Å². The molecule has 1 saturated heterocycles. The lowest BCUT2D eigenvalue weighted by atomic mass is 9.96. The van der Waals surface area contributed by atoms with Crippen molar-refractivity contribution in [3.8, 4) is 0 Å². The Hall–Kier alpha value is -0.880. The number of aromatic nitrogens is 2. The predicted octanol–water partition coefficient (Wildman–Crippen LogP) is 2.06. The van der Waals surface area contributed by atoms with E-state index >= 15 is 0 Å². The van der Waals surface area contributed by atoms with Gasteiger partial charge in [-0.05, 0) is 31.7 Å². The number of sulfone groups is 1. The molecule has 1 aliphatic heterocycles. The van der Waals surface area contributed by atoms with Gasteiger partial charge in [0.1, 0.15) is 9.84 Å². The first kappa shape index (κ1) is 15.0. The zero-order chi connectivity index (χ0) is 14.7. The second-order valence-corrected chi connectivity index (χ2v) is 8.69. The lowest BCUT2D eigenvalue weighted by Gasteiger charge is -2.23. The zero-order valence-electron chi connectivity index (χ0n) is 12.5. The van der Waals surface area contributed by atoms with Crippen LogP contribution in [-0.2, 0) is 16.4 Å². The summed E-state index contributed by atoms with van der Waals surface area (Å²) in [5.41, 5.74) is 1.06. The summed E-state index contributed by atoms with van der Waals surface area (Å²) in [5.74, 6) is 0.641. The van der Waals surface area contributed by atoms with Crippen LogP contribution in [0.4, 0.5) is 0 Å². The molecule has 1 saturated carbocycles. The SMILES string of the molecule is O=S1(=O)CCC(NCc2ccn(C3CCCCC3)n2)CC1. The van der Waals surface area contributed by atoms with Crippen LogP contribution in [0.3, 0.4) is 0 Å². The van der Waals surface area contributed by atoms with Crippen molar-refractivity contribution in [1.29, 1.82) is 0 Å². The first-order valence-corrected chi connectivity index (χ1v) is 9.92. The minimum Gasteiger partial charge on any atom is -0.308 e. The molecule has 21 heavy (non-hydrogen) atoms. The van der Waals surface area contributed by atoms with Crippen LogP contribution in [0.5, 0.6) is 0 Å². The number of nitrogens with zero attached hydrogens (tertiary/aromatic N) is 2. The summed E-state index contributed by atoms with van der Waals surface area (Å²) in [4.78, 5) is 0. The van der Waals surface area contributed by atoms with Gasteiger partial charge in [0.2, 0.25) is 0 Å². The van der Waals surface area contributed by atoms with E-state index in [4.69, 9.17) is 0 Å². The predicted molar refractivity (Wildman–Crippen MR) is 82.9 cm³/mol. The number of hydrogen-bond donors (Lipinski definition) is 1. The van der Waals surface area contributed by atoms with Gasteiger partial charge in [0, 0.05) is 18.8 Å². The van der Waals surface area contributed by atoms with E-state index in [1.165, 1.54) is 32.1 Å². The van der Waals surface area contributed by atoms with Crippen LogP contribution in [0.1, 0.15) is 56.7 Å². The normalized spacial score (nSPS) is 24.2. The van der Waals surface area contributed by atoms with Crippen molar-refractivity contribution in [1.82, 2.24) is 15.1 Å². The molecule has 5 nitrogen and oxygen atoms in total. The summed E-state index contributed by atoms with van der Waals surface area (Å²) < 4.78 is 24.9. The van der Waals surface area contributed by atoms with Crippen molar-refractivity contribution in [3.63, 3.8) is 0 Å². The molecule has 0 spiro atoms. The molecule has 1 aromatic rings. The lowest BCUT2D eigenvalue weighted by molar-refractivity contribution is 0.327. The quantitative estimate of drug-likeness (QED) is 0.924. The van der Waals surface area contributed by atoms with Gasteiger partial charge in [-0.2, -0.15) is 5.10 Å². The van der Waals surface area contributed by atoms with Gasteiger partial charge in [-0.3, -0.25) is 4.68 Å². The maximum Gasteiger partial charge on any atom is 0.150 e. The fourth-order valence-corrected chi connectivity index (χ4v) is 4.86. The largest absolute Gasteiger partial charge is 0.308 e. The van der Waals surface area contributed by atoms with Crippen LogP contribution in [0.25, 0.3) is 0 Å². The monoisotopic (exact) mass is 311 g/mol. The van der Waals surface area contributed by atoms with E-state index in [0.717, 1.165) is 25.1 Å². The fourth-order valence-electron chi connectivity index (χ4n) is 3.36. The minimum absolute atomic E-state index is 0.313. The molecule has 6 heteroatoms. The summed E-state index contributed by atoms with van der Waals surface area (Å²) in [5, 5.41) is 8.13. The molecule has 2 aliphatic rings. The molecule has 2 heterocycles. The molecule has 118 valence electrons. The average molecular weight is 311 g/mol. The highest BCUT2D eigenvalue weighted by atomic mass is 32.2. The van der Waals surface area contributed by atoms with Gasteiger partial charge in [0.15, 0.2) is 0 Å². The van der Waals surface area contributed by atoms with E-state index in [0.29, 0.717) is 23.6 Å². The molecule has 0 unspecified atom stereocenters. The first-order chi connectivity index (χ1) is 10.1. The van der Waals surface area contributed by atoms with Gasteiger partial charge >= 0.3 is 0 Å². The maximum atomic E-state index is 11.4. The van der Waals surface area contributed by atoms with E-state index in [-0.39, 0.29) is 0 Å². The van der Waals surface area contributed by atoms with Crippen molar-refractivity contribution in [3.05, 3.63) is 18.0 Å². The topological polar surface area (TPSA) is 64.0 Å². The van der Waals surface area contributed by atoms with E-state index < -0.39 is 9.84 Å². The van der Waals surface area contributed by atoms with Gasteiger partial charge in [-0.1, -0.05) is 19.3 Å². The Bertz CT molecular complexity index is 547. The Morgan fingerprint density at radius 3 is 2.57 bits per heavy atom. The van der Waals surface area contributed by atoms with Crippen molar-refractivity contribution < 1.29 is 8.42 Å². The lowest BCUT2D eigenvalue weighted by Crippen LogP contribution is -2.37. The molecule has 0 radical (unpaired) electrons. The van der Waals surface area contributed by atoms with Gasteiger partial charge in [0.25, 0.3) is 0 Å². The van der Waals surface area contributed by atoms with Crippen molar-refractivity contribution in [2.45, 2.75) is 63.6 Å². The Labute approximate surface area is 127 Å². The molecular formula is C15H25N3O2S. The maximum absolute atomic E-state index is 11.4. The Morgan fingerprint density at radius 2 is 1.86 bits per heavy atom. The van der Waals surface area contributed by atoms with Crippen molar-refractivity contribution in [2.75, 3.05) is 11.5 Å². The Morgan fingerprint density at radius 1 is 1.14 bits per heavy atom. The molecule has 3 rings (SSSR count). The van der Waals surface area contributed by atoms with E-state index in [1.54, 1.807) is 0 Å². The third kappa shape index (κ3) is 4.07. The Kier molecular flexibility index (Phi) is 4.64. The molecule has 0 atom stereocenters. The molecule has 1 aliphatic carbocycles. The first-order valence-electron chi connectivity index (χ1n) is 8.10. The highest BCUT2D eigenvalue weighted by molar-refractivity contribution is 7.91. The van der Waals surface area contributed by atoms with Crippen LogP contribution in [0.15, 0.2) is 12.3 Å². The zero-order valence-corrected chi connectivity index (χ0v) is 13.3. The fraction of sp³-hybridized carbons (Fsp3) is 0.800.